The summed E-state index contributed by atoms with van der Waals surface area (Å²) in [5.74, 6) is 0.245. The molecule has 196 valence electrons. The zero-order chi connectivity index (χ0) is 26.6. The Balaban J connectivity index is 1.64. The van der Waals surface area contributed by atoms with E-state index in [1.54, 1.807) is 18.1 Å². The number of carbonyl (C=O) groups excluding carboxylic acids is 2. The first-order valence-corrected chi connectivity index (χ1v) is 13.3. The van der Waals surface area contributed by atoms with Crippen molar-refractivity contribution in [3.63, 3.8) is 0 Å². The number of hydrogen-bond donors (Lipinski definition) is 1. The van der Waals surface area contributed by atoms with Gasteiger partial charge >= 0.3 is 0 Å². The van der Waals surface area contributed by atoms with Gasteiger partial charge in [-0.3, -0.25) is 14.5 Å². The Hall–Kier alpha value is -3.93. The number of ether oxygens (including phenoxy) is 1. The number of para-hydroxylation sites is 2. The van der Waals surface area contributed by atoms with Gasteiger partial charge in [0, 0.05) is 24.1 Å². The molecule has 6 heteroatoms. The van der Waals surface area contributed by atoms with Crippen LogP contribution in [0.2, 0.25) is 0 Å². The fraction of sp³-hybridized carbons (Fsp3) is 0.312. The van der Waals surface area contributed by atoms with Crippen LogP contribution in [0, 0.1) is 5.82 Å². The highest BCUT2D eigenvalue weighted by molar-refractivity contribution is 6.06. The van der Waals surface area contributed by atoms with Gasteiger partial charge in [-0.15, -0.1) is 0 Å². The Morgan fingerprint density at radius 2 is 1.79 bits per heavy atom. The number of methoxy groups -OCH3 is 1. The Morgan fingerprint density at radius 1 is 1.00 bits per heavy atom. The number of hydrogen-bond acceptors (Lipinski definition) is 4. The topological polar surface area (TPSA) is 58.6 Å². The van der Waals surface area contributed by atoms with Crippen LogP contribution in [0.4, 0.5) is 15.8 Å². The largest absolute Gasteiger partial charge is 0.497 e. The molecular weight excluding hydrogens is 479 g/mol. The van der Waals surface area contributed by atoms with Crippen LogP contribution in [0.3, 0.4) is 0 Å². The van der Waals surface area contributed by atoms with Gasteiger partial charge in [0.15, 0.2) is 5.78 Å². The third-order valence-corrected chi connectivity index (χ3v) is 7.50. The highest BCUT2D eigenvalue weighted by atomic mass is 19.1. The third-order valence-electron chi connectivity index (χ3n) is 7.50. The minimum Gasteiger partial charge on any atom is -0.497 e. The van der Waals surface area contributed by atoms with Gasteiger partial charge in [0.1, 0.15) is 11.6 Å². The lowest BCUT2D eigenvalue weighted by atomic mass is 9.78. The summed E-state index contributed by atoms with van der Waals surface area (Å²) in [7, 11) is 1.63. The molecule has 2 aliphatic rings. The van der Waals surface area contributed by atoms with Crippen molar-refractivity contribution in [3.8, 4) is 5.75 Å². The van der Waals surface area contributed by atoms with Gasteiger partial charge in [0.05, 0.1) is 24.5 Å². The number of unbranched alkanes of at least 4 members (excludes halogenated alkanes) is 2. The Kier molecular flexibility index (Phi) is 7.59. The lowest BCUT2D eigenvalue weighted by molar-refractivity contribution is -0.119. The highest BCUT2D eigenvalue weighted by Crippen LogP contribution is 2.47. The quantitative estimate of drug-likeness (QED) is 0.337. The van der Waals surface area contributed by atoms with E-state index in [1.807, 2.05) is 54.6 Å². The van der Waals surface area contributed by atoms with Crippen LogP contribution in [0.25, 0.3) is 0 Å². The van der Waals surface area contributed by atoms with Crippen LogP contribution in [-0.2, 0) is 9.59 Å². The first-order valence-electron chi connectivity index (χ1n) is 13.3. The fourth-order valence-corrected chi connectivity index (χ4v) is 5.62. The maximum atomic E-state index is 14.5. The molecule has 0 aromatic heterocycles. The number of benzene rings is 3. The van der Waals surface area contributed by atoms with Crippen LogP contribution >= 0.6 is 0 Å². The van der Waals surface area contributed by atoms with Crippen molar-refractivity contribution in [2.45, 2.75) is 57.4 Å². The van der Waals surface area contributed by atoms with Crippen LogP contribution in [-0.4, -0.2) is 18.8 Å². The van der Waals surface area contributed by atoms with Crippen LogP contribution in [0.15, 0.2) is 84.1 Å². The molecule has 0 saturated carbocycles. The van der Waals surface area contributed by atoms with E-state index in [1.165, 1.54) is 12.1 Å². The van der Waals surface area contributed by atoms with E-state index in [0.717, 1.165) is 42.0 Å². The van der Waals surface area contributed by atoms with E-state index in [-0.39, 0.29) is 17.6 Å². The molecule has 0 unspecified atom stereocenters. The van der Waals surface area contributed by atoms with Gasteiger partial charge in [0.2, 0.25) is 5.91 Å². The average molecular weight is 513 g/mol. The Morgan fingerprint density at radius 3 is 2.53 bits per heavy atom. The van der Waals surface area contributed by atoms with Crippen molar-refractivity contribution in [2.75, 3.05) is 17.3 Å². The molecule has 38 heavy (non-hydrogen) atoms. The van der Waals surface area contributed by atoms with Gasteiger partial charge in [-0.2, -0.15) is 0 Å². The smallest absolute Gasteiger partial charge is 0.227 e. The van der Waals surface area contributed by atoms with Crippen molar-refractivity contribution < 1.29 is 18.7 Å². The van der Waals surface area contributed by atoms with Gasteiger partial charge in [-0.1, -0.05) is 56.2 Å². The number of amides is 1. The van der Waals surface area contributed by atoms with Gasteiger partial charge in [-0.25, -0.2) is 4.39 Å². The second kappa shape index (κ2) is 11.2. The summed E-state index contributed by atoms with van der Waals surface area (Å²) in [6.07, 6.45) is 3.98. The van der Waals surface area contributed by atoms with Crippen molar-refractivity contribution in [1.29, 1.82) is 0 Å². The SMILES string of the molecule is CCCCCC(=O)N1c2ccccc2NC2=C(C(=O)C[C@H](c3ccc(OC)cc3)C2)[C@@H]1c1cccc(F)c1. The minimum atomic E-state index is -0.713. The maximum Gasteiger partial charge on any atom is 0.227 e. The number of allylic oxidation sites excluding steroid dienone is 1. The van der Waals surface area contributed by atoms with Gasteiger partial charge in [-0.05, 0) is 66.3 Å². The van der Waals surface area contributed by atoms with E-state index in [0.29, 0.717) is 36.1 Å². The summed E-state index contributed by atoms with van der Waals surface area (Å²) < 4.78 is 19.8. The van der Waals surface area contributed by atoms with Crippen LogP contribution in [0.1, 0.15) is 68.5 Å². The summed E-state index contributed by atoms with van der Waals surface area (Å²) in [6, 6.07) is 21.0. The molecule has 0 fully saturated rings. The standard InChI is InChI=1S/C32H33FN2O3/c1-3-4-5-13-30(37)35-28-12-7-6-11-26(28)34-27-19-23(21-14-16-25(38-2)17-15-21)20-29(36)31(27)32(35)22-9-8-10-24(33)18-22/h6-12,14-18,23,32,34H,3-5,13,19-20H2,1-2H3/t23-,32+/m1/s1. The highest BCUT2D eigenvalue weighted by Gasteiger charge is 2.41. The number of carbonyl (C=O) groups is 2. The maximum absolute atomic E-state index is 14.5. The second-order valence-electron chi connectivity index (χ2n) is 10.0. The summed E-state index contributed by atoms with van der Waals surface area (Å²) >= 11 is 0. The first-order chi connectivity index (χ1) is 18.5. The molecule has 0 radical (unpaired) electrons. The molecule has 0 spiro atoms. The van der Waals surface area contributed by atoms with E-state index in [4.69, 9.17) is 4.74 Å². The molecular formula is C32H33FN2O3. The molecule has 0 bridgehead atoms. The summed E-state index contributed by atoms with van der Waals surface area (Å²) in [6.45, 7) is 2.10. The van der Waals surface area contributed by atoms with Crippen molar-refractivity contribution in [3.05, 3.63) is 101 Å². The van der Waals surface area contributed by atoms with Crippen LogP contribution < -0.4 is 15.0 Å². The number of rotatable bonds is 7. The molecule has 0 saturated heterocycles. The normalized spacial score (nSPS) is 18.8. The van der Waals surface area contributed by atoms with E-state index in [9.17, 15) is 14.0 Å². The predicted molar refractivity (Wildman–Crippen MR) is 148 cm³/mol. The van der Waals surface area contributed by atoms with E-state index < -0.39 is 11.9 Å². The molecule has 1 aliphatic heterocycles. The molecule has 5 nitrogen and oxygen atoms in total. The number of nitrogens with one attached hydrogen (secondary N) is 1. The van der Waals surface area contributed by atoms with Crippen molar-refractivity contribution in [1.82, 2.24) is 0 Å². The zero-order valence-electron chi connectivity index (χ0n) is 21.9. The number of nitrogens with zero attached hydrogens (tertiary/aromatic N) is 1. The summed E-state index contributed by atoms with van der Waals surface area (Å²) in [5, 5.41) is 3.53. The van der Waals surface area contributed by atoms with Gasteiger partial charge < -0.3 is 10.1 Å². The first kappa shape index (κ1) is 25.7. The van der Waals surface area contributed by atoms with Crippen molar-refractivity contribution >= 4 is 23.1 Å². The molecule has 5 rings (SSSR count). The molecule has 3 aromatic carbocycles. The summed E-state index contributed by atoms with van der Waals surface area (Å²) in [5.41, 5.74) is 4.45. The summed E-state index contributed by atoms with van der Waals surface area (Å²) in [4.78, 5) is 29.5. The molecule has 3 aromatic rings. The molecule has 2 atom stereocenters. The van der Waals surface area contributed by atoms with Gasteiger partial charge in [0.25, 0.3) is 0 Å². The zero-order valence-corrected chi connectivity index (χ0v) is 21.9. The lowest BCUT2D eigenvalue weighted by Gasteiger charge is -2.35. The van der Waals surface area contributed by atoms with E-state index in [2.05, 4.69) is 12.2 Å². The number of fused-ring (bicyclic) bond motifs is 1. The number of Topliss-reactive ketones (excluding diaryl/α,β-unsaturated/α-hetero) is 1. The Labute approximate surface area is 223 Å². The lowest BCUT2D eigenvalue weighted by Crippen LogP contribution is -2.38. The number of ketones is 1. The molecule has 1 aliphatic carbocycles. The second-order valence-corrected chi connectivity index (χ2v) is 10.0. The minimum absolute atomic E-state index is 0.0215. The monoisotopic (exact) mass is 512 g/mol. The Bertz CT molecular complexity index is 1370. The van der Waals surface area contributed by atoms with Crippen LogP contribution in [0.5, 0.6) is 5.75 Å². The fourth-order valence-electron chi connectivity index (χ4n) is 5.62. The number of halogens is 1. The average Bonchev–Trinajstić information content (AvgIpc) is 3.08. The number of anilines is 2. The molecule has 1 heterocycles. The predicted octanol–water partition coefficient (Wildman–Crippen LogP) is 7.32. The van der Waals surface area contributed by atoms with Crippen molar-refractivity contribution in [2.24, 2.45) is 0 Å². The molecule has 1 amide bonds. The molecule has 1 N–H and O–H groups in total. The third kappa shape index (κ3) is 5.08. The van der Waals surface area contributed by atoms with E-state index >= 15 is 0 Å².